The molecule has 0 aromatic carbocycles. The lowest BCUT2D eigenvalue weighted by molar-refractivity contribution is -0.118. The quantitative estimate of drug-likeness (QED) is 0.565. The molecule has 0 unspecified atom stereocenters. The van der Waals surface area contributed by atoms with E-state index in [2.05, 4.69) is 38.6 Å². The molecule has 2 heterocycles. The summed E-state index contributed by atoms with van der Waals surface area (Å²) in [4.78, 5) is 15.8. The molecule has 0 saturated carbocycles. The van der Waals surface area contributed by atoms with Crippen LogP contribution in [-0.2, 0) is 11.3 Å². The fraction of sp³-hybridized carbons (Fsp3) is 0.375. The Morgan fingerprint density at radius 2 is 2.17 bits per heavy atom. The Labute approximate surface area is 140 Å². The van der Waals surface area contributed by atoms with Crippen molar-refractivity contribution in [1.82, 2.24) is 25.1 Å². The number of rotatable bonds is 9. The Bertz CT molecular complexity index is 641. The molecule has 0 atom stereocenters. The zero-order chi connectivity index (χ0) is 16.5. The number of hydrogen-bond acceptors (Lipinski definition) is 5. The molecule has 1 amide bonds. The minimum atomic E-state index is -0.0367. The van der Waals surface area contributed by atoms with Crippen molar-refractivity contribution in [1.29, 1.82) is 0 Å². The zero-order valence-electron chi connectivity index (χ0n) is 13.2. The summed E-state index contributed by atoms with van der Waals surface area (Å²) >= 11 is 1.40. The Morgan fingerprint density at radius 1 is 1.39 bits per heavy atom. The van der Waals surface area contributed by atoms with Gasteiger partial charge in [-0.15, -0.1) is 16.8 Å². The van der Waals surface area contributed by atoms with Gasteiger partial charge in [-0.3, -0.25) is 9.78 Å². The van der Waals surface area contributed by atoms with Gasteiger partial charge < -0.3 is 9.88 Å². The van der Waals surface area contributed by atoms with Crippen molar-refractivity contribution in [2.45, 2.75) is 31.5 Å². The van der Waals surface area contributed by atoms with Crippen LogP contribution in [-0.4, -0.2) is 38.0 Å². The van der Waals surface area contributed by atoms with Gasteiger partial charge in [0.15, 0.2) is 11.0 Å². The van der Waals surface area contributed by atoms with Crippen LogP contribution in [0.3, 0.4) is 0 Å². The summed E-state index contributed by atoms with van der Waals surface area (Å²) in [6, 6.07) is 3.83. The molecule has 2 rings (SSSR count). The smallest absolute Gasteiger partial charge is 0.230 e. The van der Waals surface area contributed by atoms with Crippen LogP contribution in [0.2, 0.25) is 0 Å². The summed E-state index contributed by atoms with van der Waals surface area (Å²) in [5.74, 6) is 1.09. The fourth-order valence-electron chi connectivity index (χ4n) is 1.99. The number of amides is 1. The van der Waals surface area contributed by atoms with E-state index in [1.165, 1.54) is 11.8 Å². The molecule has 0 aliphatic rings. The topological polar surface area (TPSA) is 72.7 Å². The van der Waals surface area contributed by atoms with Gasteiger partial charge in [0.2, 0.25) is 5.91 Å². The molecule has 0 spiro atoms. The predicted octanol–water partition coefficient (Wildman–Crippen LogP) is 2.53. The average Bonchev–Trinajstić information content (AvgIpc) is 2.99. The van der Waals surface area contributed by atoms with E-state index in [1.54, 1.807) is 18.5 Å². The monoisotopic (exact) mass is 331 g/mol. The van der Waals surface area contributed by atoms with E-state index in [4.69, 9.17) is 0 Å². The van der Waals surface area contributed by atoms with E-state index < -0.39 is 0 Å². The molecule has 2 aromatic heterocycles. The Morgan fingerprint density at radius 3 is 2.87 bits per heavy atom. The third-order valence-corrected chi connectivity index (χ3v) is 4.13. The van der Waals surface area contributed by atoms with Crippen LogP contribution in [0.25, 0.3) is 11.4 Å². The second kappa shape index (κ2) is 9.09. The maximum Gasteiger partial charge on any atom is 0.230 e. The van der Waals surface area contributed by atoms with Crippen molar-refractivity contribution >= 4 is 17.7 Å². The molecule has 0 aliphatic carbocycles. The van der Waals surface area contributed by atoms with Crippen molar-refractivity contribution in [3.05, 3.63) is 37.2 Å². The normalized spacial score (nSPS) is 10.5. The van der Waals surface area contributed by atoms with Gasteiger partial charge in [-0.2, -0.15) is 0 Å². The maximum absolute atomic E-state index is 11.7. The standard InChI is InChI=1S/C16H21N5OS/c1-3-5-11-21-15(13-6-9-17-10-7-13)19-20-16(21)23-12-14(22)18-8-4-2/h4,6-7,9-10H,2-3,5,8,11-12H2,1H3,(H,18,22). The molecule has 122 valence electrons. The minimum Gasteiger partial charge on any atom is -0.352 e. The van der Waals surface area contributed by atoms with E-state index >= 15 is 0 Å². The first-order chi connectivity index (χ1) is 11.3. The number of aromatic nitrogens is 4. The third-order valence-electron chi connectivity index (χ3n) is 3.17. The van der Waals surface area contributed by atoms with E-state index in [-0.39, 0.29) is 5.91 Å². The van der Waals surface area contributed by atoms with Crippen LogP contribution in [0, 0.1) is 0 Å². The maximum atomic E-state index is 11.7. The van der Waals surface area contributed by atoms with Crippen molar-refractivity contribution < 1.29 is 4.79 Å². The van der Waals surface area contributed by atoms with Gasteiger partial charge in [-0.25, -0.2) is 0 Å². The molecular weight excluding hydrogens is 310 g/mol. The highest BCUT2D eigenvalue weighted by Gasteiger charge is 2.15. The Balaban J connectivity index is 2.14. The Hall–Kier alpha value is -2.15. The summed E-state index contributed by atoms with van der Waals surface area (Å²) in [6.07, 6.45) is 7.26. The van der Waals surface area contributed by atoms with Gasteiger partial charge >= 0.3 is 0 Å². The summed E-state index contributed by atoms with van der Waals surface area (Å²) in [5.41, 5.74) is 0.978. The van der Waals surface area contributed by atoms with Gasteiger partial charge in [-0.1, -0.05) is 31.2 Å². The lowest BCUT2D eigenvalue weighted by atomic mass is 10.2. The third kappa shape index (κ3) is 4.92. The van der Waals surface area contributed by atoms with Gasteiger partial charge in [0.05, 0.1) is 5.75 Å². The molecule has 23 heavy (non-hydrogen) atoms. The summed E-state index contributed by atoms with van der Waals surface area (Å²) in [5, 5.41) is 12.1. The van der Waals surface area contributed by atoms with Gasteiger partial charge in [-0.05, 0) is 18.6 Å². The van der Waals surface area contributed by atoms with Crippen LogP contribution in [0.1, 0.15) is 19.8 Å². The van der Waals surface area contributed by atoms with Crippen LogP contribution in [0.5, 0.6) is 0 Å². The molecule has 0 fully saturated rings. The SMILES string of the molecule is C=CCNC(=O)CSc1nnc(-c2ccncc2)n1CCCC. The highest BCUT2D eigenvalue weighted by Crippen LogP contribution is 2.24. The lowest BCUT2D eigenvalue weighted by Gasteiger charge is -2.09. The molecule has 7 heteroatoms. The van der Waals surface area contributed by atoms with Gasteiger partial charge in [0.1, 0.15) is 0 Å². The van der Waals surface area contributed by atoms with E-state index in [0.29, 0.717) is 12.3 Å². The van der Waals surface area contributed by atoms with Gasteiger partial charge in [0, 0.05) is 31.0 Å². The van der Waals surface area contributed by atoms with Crippen molar-refractivity contribution in [3.63, 3.8) is 0 Å². The van der Waals surface area contributed by atoms with Crippen LogP contribution < -0.4 is 5.32 Å². The Kier molecular flexibility index (Phi) is 6.80. The molecule has 1 N–H and O–H groups in total. The minimum absolute atomic E-state index is 0.0367. The number of carbonyl (C=O) groups is 1. The van der Waals surface area contributed by atoms with Crippen LogP contribution in [0.4, 0.5) is 0 Å². The first-order valence-corrected chi connectivity index (χ1v) is 8.58. The number of nitrogens with one attached hydrogen (secondary N) is 1. The number of pyridine rings is 1. The highest BCUT2D eigenvalue weighted by atomic mass is 32.2. The van der Waals surface area contributed by atoms with Crippen molar-refractivity contribution in [2.24, 2.45) is 0 Å². The van der Waals surface area contributed by atoms with E-state index in [9.17, 15) is 4.79 Å². The largest absolute Gasteiger partial charge is 0.352 e. The second-order valence-corrected chi connectivity index (χ2v) is 5.87. The summed E-state index contributed by atoms with van der Waals surface area (Å²) in [6.45, 7) is 7.03. The average molecular weight is 331 g/mol. The first kappa shape index (κ1) is 17.2. The number of nitrogens with zero attached hydrogens (tertiary/aromatic N) is 4. The zero-order valence-corrected chi connectivity index (χ0v) is 14.1. The summed E-state index contributed by atoms with van der Waals surface area (Å²) in [7, 11) is 0. The lowest BCUT2D eigenvalue weighted by Crippen LogP contribution is -2.25. The van der Waals surface area contributed by atoms with Crippen molar-refractivity contribution in [2.75, 3.05) is 12.3 Å². The highest BCUT2D eigenvalue weighted by molar-refractivity contribution is 7.99. The fourth-order valence-corrected chi connectivity index (χ4v) is 2.79. The predicted molar refractivity (Wildman–Crippen MR) is 92.1 cm³/mol. The number of thioether (sulfide) groups is 1. The van der Waals surface area contributed by atoms with Crippen LogP contribution >= 0.6 is 11.8 Å². The summed E-state index contributed by atoms with van der Waals surface area (Å²) < 4.78 is 2.07. The molecule has 0 saturated heterocycles. The molecule has 6 nitrogen and oxygen atoms in total. The van der Waals surface area contributed by atoms with Crippen molar-refractivity contribution in [3.8, 4) is 11.4 Å². The van der Waals surface area contributed by atoms with E-state index in [0.717, 1.165) is 35.9 Å². The molecule has 0 aliphatic heterocycles. The number of unbranched alkanes of at least 4 members (excludes halogenated alkanes) is 1. The first-order valence-electron chi connectivity index (χ1n) is 7.60. The number of carbonyl (C=O) groups excluding carboxylic acids is 1. The number of hydrogen-bond donors (Lipinski definition) is 1. The molecular formula is C16H21N5OS. The van der Waals surface area contributed by atoms with E-state index in [1.807, 2.05) is 12.1 Å². The van der Waals surface area contributed by atoms with Crippen LogP contribution in [0.15, 0.2) is 42.3 Å². The second-order valence-electron chi connectivity index (χ2n) is 4.93. The molecule has 0 radical (unpaired) electrons. The molecule has 2 aromatic rings. The molecule has 0 bridgehead atoms. The van der Waals surface area contributed by atoms with Gasteiger partial charge in [0.25, 0.3) is 0 Å².